The zero-order chi connectivity index (χ0) is 13.7. The minimum atomic E-state index is -0.374. The number of ether oxygens (including phenoxy) is 1. The summed E-state index contributed by atoms with van der Waals surface area (Å²) in [5, 5.41) is 10.6. The molecule has 106 valence electrons. The normalized spacial score (nSPS) is 25.0. The summed E-state index contributed by atoms with van der Waals surface area (Å²) < 4.78 is 5.63. The molecule has 1 aromatic rings. The lowest BCUT2D eigenvalue weighted by Gasteiger charge is -2.31. The van der Waals surface area contributed by atoms with Crippen LogP contribution in [0.2, 0.25) is 0 Å². The van der Waals surface area contributed by atoms with Crippen molar-refractivity contribution in [1.82, 2.24) is 0 Å². The predicted molar refractivity (Wildman–Crippen MR) is 78.3 cm³/mol. The van der Waals surface area contributed by atoms with Crippen molar-refractivity contribution in [3.63, 3.8) is 0 Å². The fraction of sp³-hybridized carbons (Fsp3) is 0.647. The summed E-state index contributed by atoms with van der Waals surface area (Å²) in [7, 11) is 0. The molecule has 2 nitrogen and oxygen atoms in total. The molecule has 0 amide bonds. The number of aliphatic hydroxyl groups excluding tert-OH is 1. The van der Waals surface area contributed by atoms with E-state index in [9.17, 15) is 5.11 Å². The number of hydrogen-bond donors (Lipinski definition) is 1. The van der Waals surface area contributed by atoms with Crippen LogP contribution in [0.3, 0.4) is 0 Å². The summed E-state index contributed by atoms with van der Waals surface area (Å²) in [6, 6.07) is 7.91. The molecular formula is C17H26O2. The van der Waals surface area contributed by atoms with Gasteiger partial charge in [-0.25, -0.2) is 0 Å². The van der Waals surface area contributed by atoms with E-state index in [1.54, 1.807) is 0 Å². The smallest absolute Gasteiger partial charge is 0.125 e. The maximum Gasteiger partial charge on any atom is 0.125 e. The monoisotopic (exact) mass is 262 g/mol. The van der Waals surface area contributed by atoms with E-state index in [0.29, 0.717) is 12.5 Å². The molecule has 0 heterocycles. The van der Waals surface area contributed by atoms with Crippen molar-refractivity contribution in [2.24, 2.45) is 11.8 Å². The zero-order valence-corrected chi connectivity index (χ0v) is 12.1. The van der Waals surface area contributed by atoms with Crippen LogP contribution in [0.4, 0.5) is 0 Å². The highest BCUT2D eigenvalue weighted by Crippen LogP contribution is 2.40. The Hall–Kier alpha value is -1.02. The average molecular weight is 262 g/mol. The molecule has 1 unspecified atom stereocenters. The van der Waals surface area contributed by atoms with E-state index in [-0.39, 0.29) is 6.10 Å². The molecule has 1 saturated carbocycles. The highest BCUT2D eigenvalue weighted by molar-refractivity contribution is 5.35. The molecule has 1 aliphatic carbocycles. The molecule has 1 aliphatic rings. The predicted octanol–water partition coefficient (Wildman–Crippen LogP) is 4.34. The minimum Gasteiger partial charge on any atom is -0.493 e. The molecular weight excluding hydrogens is 236 g/mol. The van der Waals surface area contributed by atoms with Crippen molar-refractivity contribution >= 4 is 0 Å². The van der Waals surface area contributed by atoms with Crippen molar-refractivity contribution in [2.45, 2.75) is 52.1 Å². The molecule has 1 atom stereocenters. The van der Waals surface area contributed by atoms with Gasteiger partial charge in [0.1, 0.15) is 5.75 Å². The van der Waals surface area contributed by atoms with Crippen molar-refractivity contribution in [3.05, 3.63) is 29.8 Å². The summed E-state index contributed by atoms with van der Waals surface area (Å²) in [4.78, 5) is 0. The van der Waals surface area contributed by atoms with Gasteiger partial charge in [-0.2, -0.15) is 0 Å². The van der Waals surface area contributed by atoms with Crippen molar-refractivity contribution < 1.29 is 9.84 Å². The van der Waals surface area contributed by atoms with Crippen LogP contribution >= 0.6 is 0 Å². The Balaban J connectivity index is 2.05. The minimum absolute atomic E-state index is 0.374. The van der Waals surface area contributed by atoms with Gasteiger partial charge in [0.2, 0.25) is 0 Å². The van der Waals surface area contributed by atoms with E-state index in [1.165, 1.54) is 19.3 Å². The standard InChI is InChI=1S/C17H26O2/c1-3-13-9-11-14(12-10-13)17(18)15-7-5-6-8-16(15)19-4-2/h5-8,13-14,17-18H,3-4,9-12H2,1-2H3. The van der Waals surface area contributed by atoms with Crippen LogP contribution in [0.25, 0.3) is 0 Å². The molecule has 0 saturated heterocycles. The van der Waals surface area contributed by atoms with Gasteiger partial charge in [-0.05, 0) is 37.7 Å². The Morgan fingerprint density at radius 1 is 1.16 bits per heavy atom. The third kappa shape index (κ3) is 3.50. The molecule has 0 aliphatic heterocycles. The Morgan fingerprint density at radius 3 is 2.47 bits per heavy atom. The van der Waals surface area contributed by atoms with Gasteiger partial charge in [0.15, 0.2) is 0 Å². The van der Waals surface area contributed by atoms with E-state index in [2.05, 4.69) is 6.92 Å². The summed E-state index contributed by atoms with van der Waals surface area (Å²) in [5.41, 5.74) is 0.962. The van der Waals surface area contributed by atoms with E-state index in [0.717, 1.165) is 30.1 Å². The van der Waals surface area contributed by atoms with Gasteiger partial charge in [0.25, 0.3) is 0 Å². The summed E-state index contributed by atoms with van der Waals surface area (Å²) in [6.07, 6.45) is 5.70. The number of hydrogen-bond acceptors (Lipinski definition) is 2. The van der Waals surface area contributed by atoms with Gasteiger partial charge < -0.3 is 9.84 Å². The summed E-state index contributed by atoms with van der Waals surface area (Å²) in [5.74, 6) is 2.10. The zero-order valence-electron chi connectivity index (χ0n) is 12.1. The van der Waals surface area contributed by atoms with Crippen LogP contribution in [0.5, 0.6) is 5.75 Å². The number of para-hydroxylation sites is 1. The SMILES string of the molecule is CCOc1ccccc1C(O)C1CCC(CC)CC1. The lowest BCUT2D eigenvalue weighted by Crippen LogP contribution is -2.20. The van der Waals surface area contributed by atoms with Crippen LogP contribution in [0, 0.1) is 11.8 Å². The van der Waals surface area contributed by atoms with Crippen LogP contribution in [-0.4, -0.2) is 11.7 Å². The van der Waals surface area contributed by atoms with Crippen LogP contribution in [0.15, 0.2) is 24.3 Å². The van der Waals surface area contributed by atoms with Gasteiger partial charge in [-0.3, -0.25) is 0 Å². The summed E-state index contributed by atoms with van der Waals surface area (Å²) in [6.45, 7) is 4.90. The first-order chi connectivity index (χ1) is 9.26. The number of aliphatic hydroxyl groups is 1. The van der Waals surface area contributed by atoms with Crippen molar-refractivity contribution in [2.75, 3.05) is 6.61 Å². The van der Waals surface area contributed by atoms with Gasteiger partial charge >= 0.3 is 0 Å². The maximum absolute atomic E-state index is 10.6. The molecule has 1 fully saturated rings. The van der Waals surface area contributed by atoms with Crippen LogP contribution in [-0.2, 0) is 0 Å². The third-order valence-corrected chi connectivity index (χ3v) is 4.45. The fourth-order valence-electron chi connectivity index (χ4n) is 3.18. The van der Waals surface area contributed by atoms with Gasteiger partial charge in [-0.15, -0.1) is 0 Å². The van der Waals surface area contributed by atoms with Crippen LogP contribution < -0.4 is 4.74 Å². The fourth-order valence-corrected chi connectivity index (χ4v) is 3.18. The van der Waals surface area contributed by atoms with Gasteiger partial charge in [0, 0.05) is 5.56 Å². The second-order valence-corrected chi connectivity index (χ2v) is 5.60. The van der Waals surface area contributed by atoms with E-state index in [1.807, 2.05) is 31.2 Å². The first-order valence-corrected chi connectivity index (χ1v) is 7.66. The Kier molecular flexibility index (Phi) is 5.26. The average Bonchev–Trinajstić information content (AvgIpc) is 2.47. The Morgan fingerprint density at radius 2 is 1.84 bits per heavy atom. The second kappa shape index (κ2) is 6.95. The van der Waals surface area contributed by atoms with Crippen LogP contribution in [0.1, 0.15) is 57.6 Å². The van der Waals surface area contributed by atoms with E-state index >= 15 is 0 Å². The molecule has 0 aromatic heterocycles. The summed E-state index contributed by atoms with van der Waals surface area (Å²) >= 11 is 0. The highest BCUT2D eigenvalue weighted by atomic mass is 16.5. The molecule has 2 rings (SSSR count). The Labute approximate surface area is 116 Å². The van der Waals surface area contributed by atoms with Crippen molar-refractivity contribution in [3.8, 4) is 5.75 Å². The number of benzene rings is 1. The molecule has 0 bridgehead atoms. The topological polar surface area (TPSA) is 29.5 Å². The molecule has 2 heteroatoms. The molecule has 1 aromatic carbocycles. The molecule has 1 N–H and O–H groups in total. The first-order valence-electron chi connectivity index (χ1n) is 7.66. The van der Waals surface area contributed by atoms with Gasteiger partial charge in [-0.1, -0.05) is 44.4 Å². The lowest BCUT2D eigenvalue weighted by molar-refractivity contribution is 0.0704. The maximum atomic E-state index is 10.6. The van der Waals surface area contributed by atoms with Crippen molar-refractivity contribution in [1.29, 1.82) is 0 Å². The van der Waals surface area contributed by atoms with E-state index in [4.69, 9.17) is 4.74 Å². The van der Waals surface area contributed by atoms with Gasteiger partial charge in [0.05, 0.1) is 12.7 Å². The lowest BCUT2D eigenvalue weighted by atomic mass is 9.77. The highest BCUT2D eigenvalue weighted by Gasteiger charge is 2.28. The molecule has 19 heavy (non-hydrogen) atoms. The molecule has 0 spiro atoms. The number of rotatable bonds is 5. The first kappa shape index (κ1) is 14.4. The quantitative estimate of drug-likeness (QED) is 0.855. The largest absolute Gasteiger partial charge is 0.493 e. The molecule has 0 radical (unpaired) electrons. The van der Waals surface area contributed by atoms with E-state index < -0.39 is 0 Å². The third-order valence-electron chi connectivity index (χ3n) is 4.45. The Bertz CT molecular complexity index is 381. The second-order valence-electron chi connectivity index (χ2n) is 5.60.